The van der Waals surface area contributed by atoms with E-state index in [9.17, 15) is 8.78 Å². The van der Waals surface area contributed by atoms with Gasteiger partial charge in [-0.25, -0.2) is 8.78 Å². The molecule has 7 heteroatoms. The monoisotopic (exact) mass is 375 g/mol. The van der Waals surface area contributed by atoms with E-state index in [4.69, 9.17) is 21.1 Å². The maximum absolute atomic E-state index is 13.7. The zero-order chi connectivity index (χ0) is 15.0. The molecule has 0 radical (unpaired) electrons. The summed E-state index contributed by atoms with van der Waals surface area (Å²) >= 11 is 8.99. The van der Waals surface area contributed by atoms with E-state index in [-0.39, 0.29) is 23.5 Å². The summed E-state index contributed by atoms with van der Waals surface area (Å²) in [6.45, 7) is 0.396. The average Bonchev–Trinajstić information content (AvgIpc) is 2.90. The minimum atomic E-state index is -0.546. The van der Waals surface area contributed by atoms with Crippen molar-refractivity contribution in [2.24, 2.45) is 0 Å². The lowest BCUT2D eigenvalue weighted by Crippen LogP contribution is -2.02. The van der Waals surface area contributed by atoms with E-state index < -0.39 is 11.6 Å². The molecule has 0 bridgehead atoms. The van der Waals surface area contributed by atoms with Gasteiger partial charge in [-0.1, -0.05) is 11.6 Å². The summed E-state index contributed by atoms with van der Waals surface area (Å²) < 4.78 is 37.7. The predicted octanol–water partition coefficient (Wildman–Crippen LogP) is 4.72. The Bertz CT molecular complexity index is 712. The third-order valence-electron chi connectivity index (χ3n) is 2.98. The molecule has 3 nitrogen and oxygen atoms in total. The van der Waals surface area contributed by atoms with Crippen LogP contribution in [0.2, 0.25) is 5.02 Å². The number of ether oxygens (including phenoxy) is 2. The van der Waals surface area contributed by atoms with Gasteiger partial charge in [0.05, 0.1) is 15.2 Å². The average molecular weight is 377 g/mol. The van der Waals surface area contributed by atoms with Crippen LogP contribution in [0.5, 0.6) is 11.5 Å². The Kier molecular flexibility index (Phi) is 3.91. The van der Waals surface area contributed by atoms with Gasteiger partial charge >= 0.3 is 0 Å². The van der Waals surface area contributed by atoms with Crippen molar-refractivity contribution in [3.05, 3.63) is 51.0 Å². The molecule has 0 aromatic heterocycles. The van der Waals surface area contributed by atoms with E-state index in [0.717, 1.165) is 17.7 Å². The largest absolute Gasteiger partial charge is 0.454 e. The van der Waals surface area contributed by atoms with Crippen LogP contribution in [0.4, 0.5) is 14.5 Å². The molecule has 1 aliphatic heterocycles. The van der Waals surface area contributed by atoms with E-state index in [1.165, 1.54) is 0 Å². The summed E-state index contributed by atoms with van der Waals surface area (Å²) in [6, 6.07) is 5.60. The lowest BCUT2D eigenvalue weighted by molar-refractivity contribution is 0.174. The zero-order valence-electron chi connectivity index (χ0n) is 10.6. The second-order valence-corrected chi connectivity index (χ2v) is 5.67. The molecule has 21 heavy (non-hydrogen) atoms. The van der Waals surface area contributed by atoms with Crippen LogP contribution >= 0.6 is 27.5 Å². The molecule has 3 rings (SSSR count). The lowest BCUT2D eigenvalue weighted by atomic mass is 10.2. The molecule has 0 spiro atoms. The van der Waals surface area contributed by atoms with E-state index in [1.54, 1.807) is 12.1 Å². The Morgan fingerprint density at radius 3 is 2.76 bits per heavy atom. The van der Waals surface area contributed by atoms with Gasteiger partial charge in [0.1, 0.15) is 11.6 Å². The summed E-state index contributed by atoms with van der Waals surface area (Å²) in [5, 5.41) is 3.25. The number of anilines is 1. The summed E-state index contributed by atoms with van der Waals surface area (Å²) in [5.41, 5.74) is 0.844. The van der Waals surface area contributed by atoms with Gasteiger partial charge < -0.3 is 14.8 Å². The molecule has 0 aliphatic carbocycles. The van der Waals surface area contributed by atoms with Crippen LogP contribution in [0.1, 0.15) is 5.56 Å². The van der Waals surface area contributed by atoms with Gasteiger partial charge in [-0.3, -0.25) is 0 Å². The van der Waals surface area contributed by atoms with Crippen LogP contribution in [0.3, 0.4) is 0 Å². The first-order chi connectivity index (χ1) is 10.0. The smallest absolute Gasteiger partial charge is 0.231 e. The van der Waals surface area contributed by atoms with Crippen molar-refractivity contribution >= 4 is 33.2 Å². The second kappa shape index (κ2) is 5.69. The molecule has 0 fully saturated rings. The molecule has 110 valence electrons. The van der Waals surface area contributed by atoms with Crippen LogP contribution in [-0.2, 0) is 6.54 Å². The van der Waals surface area contributed by atoms with Gasteiger partial charge in [0.25, 0.3) is 0 Å². The van der Waals surface area contributed by atoms with Crippen molar-refractivity contribution in [3.63, 3.8) is 0 Å². The summed E-state index contributed by atoms with van der Waals surface area (Å²) in [7, 11) is 0. The molecule has 2 aromatic rings. The lowest BCUT2D eigenvalue weighted by Gasteiger charge is -2.10. The van der Waals surface area contributed by atoms with E-state index in [2.05, 4.69) is 21.2 Å². The van der Waals surface area contributed by atoms with Gasteiger partial charge in [-0.2, -0.15) is 0 Å². The number of hydrogen-bond donors (Lipinski definition) is 1. The van der Waals surface area contributed by atoms with Crippen LogP contribution in [-0.4, -0.2) is 6.79 Å². The Morgan fingerprint density at radius 2 is 1.95 bits per heavy atom. The molecular weight excluding hydrogens is 368 g/mol. The SMILES string of the molecule is Fc1cc(NCc2cc(Cl)c3c(c2)OCO3)c(F)cc1Br. The van der Waals surface area contributed by atoms with Gasteiger partial charge in [0.2, 0.25) is 6.79 Å². The molecular formula is C14H9BrClF2NO2. The molecule has 1 heterocycles. The molecule has 1 aliphatic rings. The highest BCUT2D eigenvalue weighted by Gasteiger charge is 2.18. The van der Waals surface area contributed by atoms with Crippen molar-refractivity contribution < 1.29 is 18.3 Å². The Balaban J connectivity index is 1.79. The number of fused-ring (bicyclic) bond motifs is 1. The van der Waals surface area contributed by atoms with E-state index in [0.29, 0.717) is 16.5 Å². The van der Waals surface area contributed by atoms with Crippen molar-refractivity contribution in [3.8, 4) is 11.5 Å². The number of nitrogens with one attached hydrogen (secondary N) is 1. The van der Waals surface area contributed by atoms with E-state index in [1.807, 2.05) is 0 Å². The van der Waals surface area contributed by atoms with Crippen molar-refractivity contribution in [2.75, 3.05) is 12.1 Å². The minimum Gasteiger partial charge on any atom is -0.454 e. The van der Waals surface area contributed by atoms with Crippen molar-refractivity contribution in [2.45, 2.75) is 6.54 Å². The quantitative estimate of drug-likeness (QED) is 0.786. The first-order valence-electron chi connectivity index (χ1n) is 6.01. The Hall–Kier alpha value is -1.53. The van der Waals surface area contributed by atoms with Gasteiger partial charge in [-0.05, 0) is 39.7 Å². The fraction of sp³-hybridized carbons (Fsp3) is 0.143. The standard InChI is InChI=1S/C14H9BrClF2NO2/c15-8-3-11(18)12(4-10(8)17)19-5-7-1-9(16)14-13(2-7)20-6-21-14/h1-4,19H,5-6H2. The highest BCUT2D eigenvalue weighted by molar-refractivity contribution is 9.10. The van der Waals surface area contributed by atoms with Gasteiger partial charge in [0.15, 0.2) is 11.5 Å². The normalized spacial score (nSPS) is 12.6. The minimum absolute atomic E-state index is 0.0736. The number of halogens is 4. The molecule has 0 atom stereocenters. The topological polar surface area (TPSA) is 30.5 Å². The number of rotatable bonds is 3. The molecule has 0 amide bonds. The maximum atomic E-state index is 13.7. The molecule has 0 saturated heterocycles. The number of hydrogen-bond acceptors (Lipinski definition) is 3. The second-order valence-electron chi connectivity index (χ2n) is 4.41. The molecule has 1 N–H and O–H groups in total. The van der Waals surface area contributed by atoms with E-state index >= 15 is 0 Å². The van der Waals surface area contributed by atoms with Crippen LogP contribution in [0, 0.1) is 11.6 Å². The van der Waals surface area contributed by atoms with Crippen molar-refractivity contribution in [1.29, 1.82) is 0 Å². The molecule has 0 unspecified atom stereocenters. The third-order valence-corrected chi connectivity index (χ3v) is 3.87. The summed E-state index contributed by atoms with van der Waals surface area (Å²) in [4.78, 5) is 0. The van der Waals surface area contributed by atoms with Gasteiger partial charge in [0, 0.05) is 12.6 Å². The van der Waals surface area contributed by atoms with Crippen LogP contribution in [0.15, 0.2) is 28.7 Å². The van der Waals surface area contributed by atoms with Crippen molar-refractivity contribution in [1.82, 2.24) is 0 Å². The zero-order valence-corrected chi connectivity index (χ0v) is 12.9. The first kappa shape index (κ1) is 14.4. The van der Waals surface area contributed by atoms with Gasteiger partial charge in [-0.15, -0.1) is 0 Å². The Morgan fingerprint density at radius 1 is 1.14 bits per heavy atom. The highest BCUT2D eigenvalue weighted by Crippen LogP contribution is 2.40. The maximum Gasteiger partial charge on any atom is 0.231 e. The fourth-order valence-corrected chi connectivity index (χ4v) is 2.58. The predicted molar refractivity (Wildman–Crippen MR) is 79.0 cm³/mol. The van der Waals surface area contributed by atoms with Crippen LogP contribution < -0.4 is 14.8 Å². The third kappa shape index (κ3) is 2.91. The summed E-state index contributed by atoms with van der Waals surface area (Å²) in [5.74, 6) is -0.0409. The number of benzene rings is 2. The molecule has 2 aromatic carbocycles. The molecule has 0 saturated carbocycles. The highest BCUT2D eigenvalue weighted by atomic mass is 79.9. The summed E-state index contributed by atoms with van der Waals surface area (Å²) in [6.07, 6.45) is 0. The van der Waals surface area contributed by atoms with Crippen LogP contribution in [0.25, 0.3) is 0 Å². The fourth-order valence-electron chi connectivity index (χ4n) is 1.98. The Labute approximate surface area is 132 Å². The first-order valence-corrected chi connectivity index (χ1v) is 7.18.